The minimum atomic E-state index is -0.511. The third-order valence-electron chi connectivity index (χ3n) is 2.85. The van der Waals surface area contributed by atoms with E-state index in [-0.39, 0.29) is 23.5 Å². The van der Waals surface area contributed by atoms with Gasteiger partial charge in [0, 0.05) is 5.69 Å². The molecule has 0 aliphatic heterocycles. The maximum Gasteiger partial charge on any atom is 0.279 e. The summed E-state index contributed by atoms with van der Waals surface area (Å²) in [5, 5.41) is 4.49. The van der Waals surface area contributed by atoms with Gasteiger partial charge in [-0.3, -0.25) is 4.79 Å². The molecule has 0 radical (unpaired) electrons. The van der Waals surface area contributed by atoms with Crippen LogP contribution in [0.3, 0.4) is 0 Å². The smallest absolute Gasteiger partial charge is 0.279 e. The maximum atomic E-state index is 13.0. The lowest BCUT2D eigenvalue weighted by Gasteiger charge is -2.09. The van der Waals surface area contributed by atoms with E-state index in [1.165, 1.54) is 18.2 Å². The van der Waals surface area contributed by atoms with Gasteiger partial charge >= 0.3 is 0 Å². The van der Waals surface area contributed by atoms with Crippen molar-refractivity contribution in [1.82, 2.24) is 0 Å². The Hall–Kier alpha value is -1.85. The number of carbonyl (C=O) groups excluding carboxylic acids is 1. The van der Waals surface area contributed by atoms with Gasteiger partial charge in [0.1, 0.15) is 11.9 Å². The molecular weight excluding hydrogens is 283 g/mol. The zero-order chi connectivity index (χ0) is 14.5. The van der Waals surface area contributed by atoms with Crippen molar-refractivity contribution in [3.05, 3.63) is 53.2 Å². The van der Waals surface area contributed by atoms with Gasteiger partial charge in [0.2, 0.25) is 0 Å². The SMILES string of the molecule is C[C@@H]([NH2+]CC(=O)Nc1ccc(F)c(Cl)c1)c1ccco1. The molecule has 0 aliphatic carbocycles. The third kappa shape index (κ3) is 3.82. The fraction of sp³-hybridized carbons (Fsp3) is 0.214. The lowest BCUT2D eigenvalue weighted by Crippen LogP contribution is -2.86. The van der Waals surface area contributed by atoms with Crippen molar-refractivity contribution < 1.29 is 18.9 Å². The van der Waals surface area contributed by atoms with Crippen LogP contribution in [0, 0.1) is 5.82 Å². The van der Waals surface area contributed by atoms with Gasteiger partial charge in [0.15, 0.2) is 12.3 Å². The molecule has 2 rings (SSSR count). The van der Waals surface area contributed by atoms with E-state index in [2.05, 4.69) is 5.32 Å². The number of halogens is 2. The topological polar surface area (TPSA) is 58.9 Å². The average Bonchev–Trinajstić information content (AvgIpc) is 2.94. The van der Waals surface area contributed by atoms with E-state index in [1.807, 2.05) is 18.3 Å². The Bertz CT molecular complexity index is 587. The Kier molecular flexibility index (Phi) is 4.76. The van der Waals surface area contributed by atoms with E-state index in [4.69, 9.17) is 16.0 Å². The van der Waals surface area contributed by atoms with Crippen LogP contribution in [0.2, 0.25) is 5.02 Å². The van der Waals surface area contributed by atoms with Gasteiger partial charge in [-0.25, -0.2) is 4.39 Å². The molecule has 1 aromatic heterocycles. The van der Waals surface area contributed by atoms with Crippen molar-refractivity contribution in [3.63, 3.8) is 0 Å². The van der Waals surface area contributed by atoms with Gasteiger partial charge in [-0.2, -0.15) is 0 Å². The van der Waals surface area contributed by atoms with Crippen LogP contribution in [0.4, 0.5) is 10.1 Å². The molecule has 1 amide bonds. The molecule has 0 unspecified atom stereocenters. The summed E-state index contributed by atoms with van der Waals surface area (Å²) < 4.78 is 18.2. The molecule has 0 fully saturated rings. The van der Waals surface area contributed by atoms with E-state index >= 15 is 0 Å². The predicted molar refractivity (Wildman–Crippen MR) is 74.0 cm³/mol. The van der Waals surface area contributed by atoms with Crippen molar-refractivity contribution in [2.45, 2.75) is 13.0 Å². The van der Waals surface area contributed by atoms with Gasteiger partial charge in [-0.1, -0.05) is 11.6 Å². The van der Waals surface area contributed by atoms with Crippen molar-refractivity contribution >= 4 is 23.2 Å². The van der Waals surface area contributed by atoms with Crippen LogP contribution in [0.25, 0.3) is 0 Å². The van der Waals surface area contributed by atoms with Gasteiger partial charge in [-0.15, -0.1) is 0 Å². The summed E-state index contributed by atoms with van der Waals surface area (Å²) in [4.78, 5) is 11.8. The number of quaternary nitrogens is 1. The number of rotatable bonds is 5. The van der Waals surface area contributed by atoms with E-state index in [0.717, 1.165) is 5.76 Å². The highest BCUT2D eigenvalue weighted by Crippen LogP contribution is 2.19. The standard InChI is InChI=1S/C14H14ClFN2O2/c1-9(13-3-2-6-20-13)17-8-14(19)18-10-4-5-12(16)11(15)7-10/h2-7,9,17H,8H2,1H3,(H,18,19)/p+1/t9-/m1/s1. The maximum absolute atomic E-state index is 13.0. The Morgan fingerprint density at radius 3 is 2.95 bits per heavy atom. The molecule has 0 spiro atoms. The largest absolute Gasteiger partial charge is 0.463 e. The first-order chi connectivity index (χ1) is 9.56. The summed E-state index contributed by atoms with van der Waals surface area (Å²) in [7, 11) is 0. The van der Waals surface area contributed by atoms with Gasteiger partial charge in [-0.05, 0) is 37.3 Å². The number of furan rings is 1. The van der Waals surface area contributed by atoms with Crippen molar-refractivity contribution in [3.8, 4) is 0 Å². The highest BCUT2D eigenvalue weighted by Gasteiger charge is 2.14. The number of anilines is 1. The van der Waals surface area contributed by atoms with Gasteiger partial charge in [0.25, 0.3) is 5.91 Å². The van der Waals surface area contributed by atoms with Gasteiger partial charge in [0.05, 0.1) is 11.3 Å². The van der Waals surface area contributed by atoms with E-state index < -0.39 is 5.82 Å². The molecule has 6 heteroatoms. The first-order valence-corrected chi connectivity index (χ1v) is 6.55. The van der Waals surface area contributed by atoms with E-state index in [1.54, 1.807) is 12.3 Å². The second-order valence-electron chi connectivity index (χ2n) is 4.42. The van der Waals surface area contributed by atoms with Crippen LogP contribution in [0.15, 0.2) is 41.0 Å². The Balaban J connectivity index is 1.85. The van der Waals surface area contributed by atoms with Crippen molar-refractivity contribution in [2.24, 2.45) is 0 Å². The molecule has 106 valence electrons. The van der Waals surface area contributed by atoms with E-state index in [0.29, 0.717) is 5.69 Å². The lowest BCUT2D eigenvalue weighted by molar-refractivity contribution is -0.684. The van der Waals surface area contributed by atoms with Crippen LogP contribution in [-0.2, 0) is 4.79 Å². The summed E-state index contributed by atoms with van der Waals surface area (Å²) in [5.74, 6) is 0.108. The lowest BCUT2D eigenvalue weighted by atomic mass is 10.2. The van der Waals surface area contributed by atoms with Gasteiger partial charge < -0.3 is 15.1 Å². The molecule has 1 heterocycles. The van der Waals surface area contributed by atoms with Crippen LogP contribution in [0.5, 0.6) is 0 Å². The summed E-state index contributed by atoms with van der Waals surface area (Å²) in [6.07, 6.45) is 1.60. The summed E-state index contributed by atoms with van der Waals surface area (Å²) in [6.45, 7) is 2.18. The fourth-order valence-corrected chi connectivity index (χ4v) is 1.92. The summed E-state index contributed by atoms with van der Waals surface area (Å²) in [6, 6.07) is 7.78. The quantitative estimate of drug-likeness (QED) is 0.890. The molecule has 20 heavy (non-hydrogen) atoms. The number of amides is 1. The van der Waals surface area contributed by atoms with Crippen molar-refractivity contribution in [1.29, 1.82) is 0 Å². The zero-order valence-corrected chi connectivity index (χ0v) is 11.7. The minimum Gasteiger partial charge on any atom is -0.463 e. The highest BCUT2D eigenvalue weighted by molar-refractivity contribution is 6.31. The number of nitrogens with two attached hydrogens (primary N) is 1. The molecule has 0 saturated carbocycles. The fourth-order valence-electron chi connectivity index (χ4n) is 1.74. The predicted octanol–water partition coefficient (Wildman–Crippen LogP) is 2.34. The molecule has 0 aliphatic rings. The molecule has 3 N–H and O–H groups in total. The third-order valence-corrected chi connectivity index (χ3v) is 3.14. The summed E-state index contributed by atoms with van der Waals surface area (Å²) >= 11 is 5.65. The normalized spacial score (nSPS) is 12.2. The number of nitrogens with one attached hydrogen (secondary N) is 1. The average molecular weight is 298 g/mol. The Labute approximate surface area is 120 Å². The number of hydrogen-bond acceptors (Lipinski definition) is 2. The Morgan fingerprint density at radius 2 is 2.30 bits per heavy atom. The molecule has 1 aromatic carbocycles. The summed E-state index contributed by atoms with van der Waals surface area (Å²) in [5.41, 5.74) is 0.473. The van der Waals surface area contributed by atoms with Crippen molar-refractivity contribution in [2.75, 3.05) is 11.9 Å². The minimum absolute atomic E-state index is 0.0178. The van der Waals surface area contributed by atoms with Crippen LogP contribution in [0.1, 0.15) is 18.7 Å². The number of hydrogen-bond donors (Lipinski definition) is 2. The van der Waals surface area contributed by atoms with Crippen LogP contribution < -0.4 is 10.6 Å². The molecular formula is C14H15ClFN2O2+. The monoisotopic (exact) mass is 297 g/mol. The molecule has 4 nitrogen and oxygen atoms in total. The second kappa shape index (κ2) is 6.54. The van der Waals surface area contributed by atoms with Crippen LogP contribution in [-0.4, -0.2) is 12.5 Å². The first-order valence-electron chi connectivity index (χ1n) is 6.18. The molecule has 0 saturated heterocycles. The van der Waals surface area contributed by atoms with Crippen LogP contribution >= 0.6 is 11.6 Å². The Morgan fingerprint density at radius 1 is 1.50 bits per heavy atom. The number of carbonyl (C=O) groups is 1. The second-order valence-corrected chi connectivity index (χ2v) is 4.83. The molecule has 2 aromatic rings. The highest BCUT2D eigenvalue weighted by atomic mass is 35.5. The first kappa shape index (κ1) is 14.6. The number of benzene rings is 1. The zero-order valence-electron chi connectivity index (χ0n) is 10.9. The molecule has 0 bridgehead atoms. The molecule has 1 atom stereocenters. The van der Waals surface area contributed by atoms with E-state index in [9.17, 15) is 9.18 Å².